The smallest absolute Gasteiger partial charge is 0.161 e. The molecular formula is C10H15ClO3. The highest BCUT2D eigenvalue weighted by atomic mass is 35.5. The molecule has 0 aliphatic rings. The van der Waals surface area contributed by atoms with Crippen LogP contribution >= 0.6 is 11.9 Å². The van der Waals surface area contributed by atoms with Crippen LogP contribution in [0.4, 0.5) is 0 Å². The van der Waals surface area contributed by atoms with Gasteiger partial charge < -0.3 is 9.47 Å². The molecule has 0 heterocycles. The predicted molar refractivity (Wildman–Crippen MR) is 56.9 cm³/mol. The van der Waals surface area contributed by atoms with Gasteiger partial charge in [-0.05, 0) is 18.6 Å². The summed E-state index contributed by atoms with van der Waals surface area (Å²) in [7, 11) is 1.65. The SMILES string of the molecule is CCCOc1ccccc1OC.OCl. The van der Waals surface area contributed by atoms with Crippen molar-refractivity contribution in [1.29, 1.82) is 0 Å². The van der Waals surface area contributed by atoms with E-state index < -0.39 is 0 Å². The molecule has 0 fully saturated rings. The van der Waals surface area contributed by atoms with Crippen LogP contribution in [0.3, 0.4) is 0 Å². The van der Waals surface area contributed by atoms with E-state index in [2.05, 4.69) is 18.8 Å². The average molecular weight is 219 g/mol. The first-order valence-corrected chi connectivity index (χ1v) is 4.65. The van der Waals surface area contributed by atoms with Crippen LogP contribution in [-0.4, -0.2) is 18.4 Å². The van der Waals surface area contributed by atoms with E-state index in [4.69, 9.17) is 14.1 Å². The van der Waals surface area contributed by atoms with Gasteiger partial charge in [-0.15, -0.1) is 0 Å². The van der Waals surface area contributed by atoms with Gasteiger partial charge in [-0.2, -0.15) is 0 Å². The van der Waals surface area contributed by atoms with Gasteiger partial charge >= 0.3 is 0 Å². The summed E-state index contributed by atoms with van der Waals surface area (Å²) >= 11 is 3.64. The largest absolute Gasteiger partial charge is 0.493 e. The van der Waals surface area contributed by atoms with Crippen molar-refractivity contribution < 1.29 is 14.1 Å². The standard InChI is InChI=1S/C10H14O2.ClHO/c1-3-8-12-10-7-5-4-6-9(10)11-2;1-2/h4-7H,3,8H2,1-2H3;2H. The van der Waals surface area contributed by atoms with Gasteiger partial charge in [0.15, 0.2) is 11.5 Å². The van der Waals surface area contributed by atoms with E-state index in [0.29, 0.717) is 0 Å². The Kier molecular flexibility index (Phi) is 8.08. The van der Waals surface area contributed by atoms with E-state index in [1.165, 1.54) is 0 Å². The van der Waals surface area contributed by atoms with Gasteiger partial charge in [-0.1, -0.05) is 19.1 Å². The van der Waals surface area contributed by atoms with Gasteiger partial charge in [0.2, 0.25) is 0 Å². The minimum Gasteiger partial charge on any atom is -0.493 e. The molecule has 0 amide bonds. The molecule has 1 aromatic carbocycles. The second kappa shape index (κ2) is 8.66. The van der Waals surface area contributed by atoms with Crippen LogP contribution in [-0.2, 0) is 0 Å². The molecule has 1 rings (SSSR count). The van der Waals surface area contributed by atoms with E-state index in [9.17, 15) is 0 Å². The summed E-state index contributed by atoms with van der Waals surface area (Å²) in [6, 6.07) is 7.67. The van der Waals surface area contributed by atoms with Crippen molar-refractivity contribution in [3.05, 3.63) is 24.3 Å². The van der Waals surface area contributed by atoms with Gasteiger partial charge in [0, 0.05) is 0 Å². The fourth-order valence-corrected chi connectivity index (χ4v) is 0.950. The summed E-state index contributed by atoms with van der Waals surface area (Å²) in [4.78, 5) is 0. The first-order valence-electron chi connectivity index (χ1n) is 4.31. The van der Waals surface area contributed by atoms with Crippen molar-refractivity contribution >= 4 is 11.9 Å². The Morgan fingerprint density at radius 2 is 1.79 bits per heavy atom. The van der Waals surface area contributed by atoms with E-state index in [1.54, 1.807) is 7.11 Å². The molecule has 0 atom stereocenters. The molecule has 1 N–H and O–H groups in total. The first kappa shape index (κ1) is 13.1. The van der Waals surface area contributed by atoms with Crippen molar-refractivity contribution in [2.75, 3.05) is 13.7 Å². The third kappa shape index (κ3) is 4.35. The number of hydrogen-bond donors (Lipinski definition) is 1. The molecule has 4 heteroatoms. The third-order valence-corrected chi connectivity index (χ3v) is 1.53. The van der Waals surface area contributed by atoms with Gasteiger partial charge in [0.1, 0.15) is 0 Å². The lowest BCUT2D eigenvalue weighted by molar-refractivity contribution is 0.294. The number of benzene rings is 1. The van der Waals surface area contributed by atoms with Crippen molar-refractivity contribution in [3.8, 4) is 11.5 Å². The van der Waals surface area contributed by atoms with Gasteiger partial charge in [-0.3, -0.25) is 4.66 Å². The highest BCUT2D eigenvalue weighted by molar-refractivity contribution is 6.04. The van der Waals surface area contributed by atoms with Crippen LogP contribution in [0.1, 0.15) is 13.3 Å². The Morgan fingerprint density at radius 3 is 2.29 bits per heavy atom. The molecule has 1 aromatic rings. The minimum absolute atomic E-state index is 0.736. The molecule has 0 aliphatic carbocycles. The maximum atomic E-state index is 6.47. The summed E-state index contributed by atoms with van der Waals surface area (Å²) in [5.41, 5.74) is 0. The van der Waals surface area contributed by atoms with E-state index in [-0.39, 0.29) is 0 Å². The zero-order valence-corrected chi connectivity index (χ0v) is 9.12. The second-order valence-electron chi connectivity index (χ2n) is 2.50. The van der Waals surface area contributed by atoms with Crippen LogP contribution in [0.2, 0.25) is 0 Å². The highest BCUT2D eigenvalue weighted by Crippen LogP contribution is 2.25. The first-order chi connectivity index (χ1) is 6.88. The summed E-state index contributed by atoms with van der Waals surface area (Å²) in [5.74, 6) is 1.62. The van der Waals surface area contributed by atoms with Gasteiger partial charge in [0.05, 0.1) is 25.6 Å². The van der Waals surface area contributed by atoms with Gasteiger partial charge in [0.25, 0.3) is 0 Å². The maximum Gasteiger partial charge on any atom is 0.161 e. The van der Waals surface area contributed by atoms with Crippen molar-refractivity contribution in [2.45, 2.75) is 13.3 Å². The van der Waals surface area contributed by atoms with Crippen molar-refractivity contribution in [1.82, 2.24) is 0 Å². The monoisotopic (exact) mass is 218 g/mol. The summed E-state index contributed by atoms with van der Waals surface area (Å²) in [6.45, 7) is 2.82. The summed E-state index contributed by atoms with van der Waals surface area (Å²) in [6.07, 6.45) is 1.01. The normalized spacial score (nSPS) is 8.57. The molecule has 3 nitrogen and oxygen atoms in total. The van der Waals surface area contributed by atoms with Crippen LogP contribution in [0.25, 0.3) is 0 Å². The molecule has 0 saturated carbocycles. The molecule has 14 heavy (non-hydrogen) atoms. The molecule has 0 unspecified atom stereocenters. The zero-order valence-electron chi connectivity index (χ0n) is 8.37. The molecular weight excluding hydrogens is 204 g/mol. The second-order valence-corrected chi connectivity index (χ2v) is 2.50. The Bertz CT molecular complexity index is 241. The lowest BCUT2D eigenvalue weighted by atomic mass is 10.3. The van der Waals surface area contributed by atoms with Crippen molar-refractivity contribution in [2.24, 2.45) is 0 Å². The Balaban J connectivity index is 0.000000791. The van der Waals surface area contributed by atoms with E-state index in [1.807, 2.05) is 24.3 Å². The molecule has 0 radical (unpaired) electrons. The van der Waals surface area contributed by atoms with Crippen molar-refractivity contribution in [3.63, 3.8) is 0 Å². The third-order valence-electron chi connectivity index (χ3n) is 1.53. The number of methoxy groups -OCH3 is 1. The van der Waals surface area contributed by atoms with Crippen LogP contribution in [0, 0.1) is 0 Å². The summed E-state index contributed by atoms with van der Waals surface area (Å²) < 4.78 is 17.0. The number of hydrogen-bond acceptors (Lipinski definition) is 3. The predicted octanol–water partition coefficient (Wildman–Crippen LogP) is 2.62. The lowest BCUT2D eigenvalue weighted by Gasteiger charge is -2.08. The quantitative estimate of drug-likeness (QED) is 0.845. The average Bonchev–Trinajstić information content (AvgIpc) is 2.29. The highest BCUT2D eigenvalue weighted by Gasteiger charge is 1.99. The Morgan fingerprint density at radius 1 is 1.21 bits per heavy atom. The van der Waals surface area contributed by atoms with Gasteiger partial charge in [-0.25, -0.2) is 0 Å². The fourth-order valence-electron chi connectivity index (χ4n) is 0.950. The summed E-state index contributed by atoms with van der Waals surface area (Å²) in [5, 5.41) is 0. The maximum absolute atomic E-state index is 6.47. The molecule has 80 valence electrons. The molecule has 0 saturated heterocycles. The van der Waals surface area contributed by atoms with E-state index in [0.717, 1.165) is 24.5 Å². The number of halogens is 1. The topological polar surface area (TPSA) is 38.7 Å². The minimum atomic E-state index is 0.736. The Labute approximate surface area is 89.4 Å². The van der Waals surface area contributed by atoms with E-state index >= 15 is 0 Å². The number of rotatable bonds is 4. The molecule has 0 aliphatic heterocycles. The van der Waals surface area contributed by atoms with Crippen LogP contribution < -0.4 is 9.47 Å². The molecule has 0 aromatic heterocycles. The van der Waals surface area contributed by atoms with Crippen LogP contribution in [0.15, 0.2) is 24.3 Å². The van der Waals surface area contributed by atoms with Crippen LogP contribution in [0.5, 0.6) is 11.5 Å². The lowest BCUT2D eigenvalue weighted by Crippen LogP contribution is -1.96. The number of para-hydroxylation sites is 2. The molecule has 0 spiro atoms. The molecule has 0 bridgehead atoms. The number of ether oxygens (including phenoxy) is 2. The zero-order chi connectivity index (χ0) is 10.8. The fraction of sp³-hybridized carbons (Fsp3) is 0.400. The Hall–Kier alpha value is -0.930.